The van der Waals surface area contributed by atoms with Gasteiger partial charge in [-0.15, -0.1) is 0 Å². The van der Waals surface area contributed by atoms with Crippen LogP contribution in [0.2, 0.25) is 0 Å². The van der Waals surface area contributed by atoms with Crippen molar-refractivity contribution in [2.45, 2.75) is 6.54 Å². The van der Waals surface area contributed by atoms with Gasteiger partial charge in [0.05, 0.1) is 24.6 Å². The van der Waals surface area contributed by atoms with Crippen LogP contribution in [0, 0.1) is 0 Å². The number of rotatable bonds is 2. The largest absolute Gasteiger partial charge is 0.340 e. The van der Waals surface area contributed by atoms with Gasteiger partial charge in [-0.05, 0) is 0 Å². The third-order valence-corrected chi connectivity index (χ3v) is 1.66. The van der Waals surface area contributed by atoms with Crippen molar-refractivity contribution in [2.24, 2.45) is 5.73 Å². The summed E-state index contributed by atoms with van der Waals surface area (Å²) in [7, 11) is 0. The van der Waals surface area contributed by atoms with E-state index >= 15 is 0 Å². The molecule has 2 rings (SSSR count). The zero-order valence-electron chi connectivity index (χ0n) is 6.94. The zero-order chi connectivity index (χ0) is 9.10. The van der Waals surface area contributed by atoms with Crippen LogP contribution in [0.4, 0.5) is 0 Å². The Bertz CT molecular complexity index is 380. The van der Waals surface area contributed by atoms with E-state index in [-0.39, 0.29) is 0 Å². The molecule has 0 radical (unpaired) electrons. The van der Waals surface area contributed by atoms with E-state index in [1.807, 2.05) is 0 Å². The molecular formula is C8H9N5. The molecule has 66 valence electrons. The second kappa shape index (κ2) is 3.32. The molecule has 5 heteroatoms. The maximum atomic E-state index is 5.41. The van der Waals surface area contributed by atoms with Crippen LogP contribution < -0.4 is 5.73 Å². The number of H-pyrrole nitrogens is 1. The van der Waals surface area contributed by atoms with E-state index in [2.05, 4.69) is 19.9 Å². The van der Waals surface area contributed by atoms with Crippen LogP contribution in [0.1, 0.15) is 5.82 Å². The van der Waals surface area contributed by atoms with E-state index in [0.29, 0.717) is 6.54 Å². The molecule has 2 aromatic rings. The minimum atomic E-state index is 0.403. The highest BCUT2D eigenvalue weighted by Gasteiger charge is 2.01. The molecule has 0 saturated carbocycles. The topological polar surface area (TPSA) is 80.5 Å². The van der Waals surface area contributed by atoms with Gasteiger partial charge in [-0.1, -0.05) is 0 Å². The smallest absolute Gasteiger partial charge is 0.120 e. The lowest BCUT2D eigenvalue weighted by atomic mass is 10.3. The molecule has 0 unspecified atom stereocenters. The van der Waals surface area contributed by atoms with Gasteiger partial charge in [0.2, 0.25) is 0 Å². The summed E-state index contributed by atoms with van der Waals surface area (Å²) in [5, 5.41) is 0. The summed E-state index contributed by atoms with van der Waals surface area (Å²) < 4.78 is 0. The van der Waals surface area contributed by atoms with E-state index in [9.17, 15) is 0 Å². The summed E-state index contributed by atoms with van der Waals surface area (Å²) in [6.45, 7) is 0.403. The van der Waals surface area contributed by atoms with Crippen LogP contribution in [-0.2, 0) is 6.54 Å². The number of aromatic amines is 1. The molecule has 0 aliphatic rings. The Labute approximate surface area is 75.1 Å². The third kappa shape index (κ3) is 1.54. The van der Waals surface area contributed by atoms with Gasteiger partial charge in [-0.2, -0.15) is 0 Å². The zero-order valence-corrected chi connectivity index (χ0v) is 6.94. The van der Waals surface area contributed by atoms with Crippen molar-refractivity contribution in [3.63, 3.8) is 0 Å². The van der Waals surface area contributed by atoms with Gasteiger partial charge in [-0.3, -0.25) is 9.97 Å². The van der Waals surface area contributed by atoms with E-state index in [1.165, 1.54) is 0 Å². The fraction of sp³-hybridized carbons (Fsp3) is 0.125. The molecule has 5 nitrogen and oxygen atoms in total. The lowest BCUT2D eigenvalue weighted by molar-refractivity contribution is 0.949. The molecule has 13 heavy (non-hydrogen) atoms. The summed E-state index contributed by atoms with van der Waals surface area (Å²) in [6, 6.07) is 0. The van der Waals surface area contributed by atoms with Gasteiger partial charge in [-0.25, -0.2) is 4.98 Å². The summed E-state index contributed by atoms with van der Waals surface area (Å²) in [5.41, 5.74) is 7.03. The molecule has 0 amide bonds. The molecule has 0 aliphatic carbocycles. The van der Waals surface area contributed by atoms with Crippen LogP contribution in [0.15, 0.2) is 24.8 Å². The van der Waals surface area contributed by atoms with Crippen molar-refractivity contribution in [3.05, 3.63) is 30.6 Å². The number of hydrogen-bond acceptors (Lipinski definition) is 4. The standard InChI is InChI=1S/C8H9N5/c9-3-8-12-5-7(13-8)6-4-10-1-2-11-6/h1-2,4-5H,3,9H2,(H,12,13). The van der Waals surface area contributed by atoms with E-state index in [4.69, 9.17) is 5.73 Å². The molecule has 3 N–H and O–H groups in total. The lowest BCUT2D eigenvalue weighted by Crippen LogP contribution is -1.97. The molecule has 0 bridgehead atoms. The number of imidazole rings is 1. The van der Waals surface area contributed by atoms with E-state index in [1.54, 1.807) is 24.8 Å². The highest BCUT2D eigenvalue weighted by Crippen LogP contribution is 2.11. The molecule has 0 aromatic carbocycles. The second-order valence-corrected chi connectivity index (χ2v) is 2.54. The van der Waals surface area contributed by atoms with E-state index < -0.39 is 0 Å². The maximum Gasteiger partial charge on any atom is 0.120 e. The van der Waals surface area contributed by atoms with Crippen LogP contribution in [0.5, 0.6) is 0 Å². The van der Waals surface area contributed by atoms with Crippen molar-refractivity contribution in [1.29, 1.82) is 0 Å². The van der Waals surface area contributed by atoms with Crippen molar-refractivity contribution in [1.82, 2.24) is 19.9 Å². The predicted octanol–water partition coefficient (Wildman–Crippen LogP) is 0.325. The first kappa shape index (κ1) is 7.88. The molecule has 0 fully saturated rings. The van der Waals surface area contributed by atoms with Crippen LogP contribution in [0.25, 0.3) is 11.4 Å². The van der Waals surface area contributed by atoms with Gasteiger partial charge in [0.1, 0.15) is 11.5 Å². The summed E-state index contributed by atoms with van der Waals surface area (Å²) >= 11 is 0. The molecule has 2 aromatic heterocycles. The van der Waals surface area contributed by atoms with Crippen molar-refractivity contribution >= 4 is 0 Å². The monoisotopic (exact) mass is 175 g/mol. The van der Waals surface area contributed by atoms with Crippen LogP contribution in [0.3, 0.4) is 0 Å². The third-order valence-electron chi connectivity index (χ3n) is 1.66. The van der Waals surface area contributed by atoms with Gasteiger partial charge >= 0.3 is 0 Å². The highest BCUT2D eigenvalue weighted by molar-refractivity contribution is 5.51. The number of nitrogens with one attached hydrogen (secondary N) is 1. The Kier molecular flexibility index (Phi) is 2.01. The SMILES string of the molecule is NCc1ncc(-c2cnccn2)[nH]1. The quantitative estimate of drug-likeness (QED) is 0.689. The average molecular weight is 175 g/mol. The van der Waals surface area contributed by atoms with Crippen molar-refractivity contribution in [2.75, 3.05) is 0 Å². The van der Waals surface area contributed by atoms with Gasteiger partial charge in [0.25, 0.3) is 0 Å². The van der Waals surface area contributed by atoms with Gasteiger partial charge < -0.3 is 10.7 Å². The molecule has 2 heterocycles. The maximum absolute atomic E-state index is 5.41. The molecular weight excluding hydrogens is 166 g/mol. The fourth-order valence-electron chi connectivity index (χ4n) is 1.03. The first-order chi connectivity index (χ1) is 6.40. The highest BCUT2D eigenvalue weighted by atomic mass is 15.0. The minimum absolute atomic E-state index is 0.403. The fourth-order valence-corrected chi connectivity index (χ4v) is 1.03. The van der Waals surface area contributed by atoms with E-state index in [0.717, 1.165) is 17.2 Å². The Morgan fingerprint density at radius 3 is 2.77 bits per heavy atom. The number of nitrogens with two attached hydrogens (primary N) is 1. The number of hydrogen-bond donors (Lipinski definition) is 2. The summed E-state index contributed by atoms with van der Waals surface area (Å²) in [5.74, 6) is 0.751. The first-order valence-corrected chi connectivity index (χ1v) is 3.90. The van der Waals surface area contributed by atoms with Crippen LogP contribution in [-0.4, -0.2) is 19.9 Å². The summed E-state index contributed by atoms with van der Waals surface area (Å²) in [6.07, 6.45) is 6.64. The minimum Gasteiger partial charge on any atom is -0.340 e. The number of nitrogens with zero attached hydrogens (tertiary/aromatic N) is 3. The normalized spacial score (nSPS) is 10.2. The molecule has 0 aliphatic heterocycles. The Morgan fingerprint density at radius 1 is 1.23 bits per heavy atom. The second-order valence-electron chi connectivity index (χ2n) is 2.54. The Morgan fingerprint density at radius 2 is 2.15 bits per heavy atom. The van der Waals surface area contributed by atoms with Crippen LogP contribution >= 0.6 is 0 Å². The Balaban J connectivity index is 2.36. The lowest BCUT2D eigenvalue weighted by Gasteiger charge is -1.93. The average Bonchev–Trinajstić information content (AvgIpc) is 2.67. The first-order valence-electron chi connectivity index (χ1n) is 3.90. The molecule has 0 saturated heterocycles. The van der Waals surface area contributed by atoms with Crippen molar-refractivity contribution in [3.8, 4) is 11.4 Å². The predicted molar refractivity (Wildman–Crippen MR) is 47.5 cm³/mol. The summed E-state index contributed by atoms with van der Waals surface area (Å²) in [4.78, 5) is 15.2. The molecule has 0 atom stereocenters. The van der Waals surface area contributed by atoms with Gasteiger partial charge in [0.15, 0.2) is 0 Å². The molecule has 0 spiro atoms. The van der Waals surface area contributed by atoms with Gasteiger partial charge in [0, 0.05) is 12.4 Å². The van der Waals surface area contributed by atoms with Crippen molar-refractivity contribution < 1.29 is 0 Å². The Hall–Kier alpha value is -1.75. The number of aromatic nitrogens is 4.